The third-order valence-corrected chi connectivity index (χ3v) is 3.36. The van der Waals surface area contributed by atoms with Crippen LogP contribution in [-0.4, -0.2) is 24.9 Å². The van der Waals surface area contributed by atoms with Crippen LogP contribution >= 0.6 is 27.3 Å². The molecule has 3 nitrogen and oxygen atoms in total. The molecule has 0 atom stereocenters. The van der Waals surface area contributed by atoms with Crippen LogP contribution in [0.25, 0.3) is 0 Å². The highest BCUT2D eigenvalue weighted by molar-refractivity contribution is 9.09. The third-order valence-electron chi connectivity index (χ3n) is 1.90. The molecule has 0 unspecified atom stereocenters. The van der Waals surface area contributed by atoms with E-state index in [1.165, 1.54) is 11.3 Å². The summed E-state index contributed by atoms with van der Waals surface area (Å²) < 4.78 is 5.08. The minimum absolute atomic E-state index is 0.0450. The van der Waals surface area contributed by atoms with Gasteiger partial charge in [-0.2, -0.15) is 0 Å². The van der Waals surface area contributed by atoms with Crippen LogP contribution in [0.1, 0.15) is 22.5 Å². The molecule has 15 heavy (non-hydrogen) atoms. The summed E-state index contributed by atoms with van der Waals surface area (Å²) >= 11 is 4.75. The molecule has 0 aliphatic heterocycles. The Morgan fingerprint density at radius 2 is 2.40 bits per heavy atom. The summed E-state index contributed by atoms with van der Waals surface area (Å²) in [5, 5.41) is 5.70. The molecule has 1 heterocycles. The van der Waals surface area contributed by atoms with Gasteiger partial charge in [-0.3, -0.25) is 4.79 Å². The largest absolute Gasteiger partial charge is 0.495 e. The molecule has 84 valence electrons. The van der Waals surface area contributed by atoms with Gasteiger partial charge < -0.3 is 10.1 Å². The van der Waals surface area contributed by atoms with E-state index in [0.717, 1.165) is 18.2 Å². The van der Waals surface area contributed by atoms with Gasteiger partial charge in [0.1, 0.15) is 10.6 Å². The van der Waals surface area contributed by atoms with E-state index >= 15 is 0 Å². The maximum absolute atomic E-state index is 11.7. The molecule has 0 bridgehead atoms. The van der Waals surface area contributed by atoms with E-state index in [-0.39, 0.29) is 5.91 Å². The normalized spacial score (nSPS) is 10.0. The van der Waals surface area contributed by atoms with E-state index in [1.807, 2.05) is 5.38 Å². The Balaban J connectivity index is 2.40. The minimum atomic E-state index is -0.0450. The number of ether oxygens (including phenoxy) is 1. The molecule has 0 spiro atoms. The fraction of sp³-hybridized carbons (Fsp3) is 0.500. The highest BCUT2D eigenvalue weighted by Crippen LogP contribution is 2.23. The lowest BCUT2D eigenvalue weighted by Crippen LogP contribution is -2.23. The topological polar surface area (TPSA) is 38.3 Å². The summed E-state index contributed by atoms with van der Waals surface area (Å²) in [6, 6.07) is 1.80. The molecule has 0 aliphatic rings. The number of amides is 1. The number of rotatable bonds is 6. The molecule has 5 heteroatoms. The minimum Gasteiger partial charge on any atom is -0.495 e. The first-order valence-electron chi connectivity index (χ1n) is 4.75. The molecule has 0 saturated heterocycles. The van der Waals surface area contributed by atoms with Gasteiger partial charge in [0.05, 0.1) is 7.11 Å². The van der Waals surface area contributed by atoms with Gasteiger partial charge in [0, 0.05) is 11.9 Å². The van der Waals surface area contributed by atoms with Gasteiger partial charge >= 0.3 is 0 Å². The summed E-state index contributed by atoms with van der Waals surface area (Å²) in [5.74, 6) is 0.606. The highest BCUT2D eigenvalue weighted by atomic mass is 79.9. The van der Waals surface area contributed by atoms with Crippen LogP contribution in [0.2, 0.25) is 0 Å². The molecule has 0 aliphatic carbocycles. The number of thiophene rings is 1. The Bertz CT molecular complexity index is 314. The van der Waals surface area contributed by atoms with Crippen molar-refractivity contribution in [3.63, 3.8) is 0 Å². The van der Waals surface area contributed by atoms with Crippen LogP contribution in [0.3, 0.4) is 0 Å². The number of nitrogens with one attached hydrogen (secondary N) is 1. The predicted molar refractivity (Wildman–Crippen MR) is 66.2 cm³/mol. The molecule has 1 amide bonds. The van der Waals surface area contributed by atoms with Crippen molar-refractivity contribution in [1.82, 2.24) is 5.32 Å². The first-order valence-corrected chi connectivity index (χ1v) is 6.75. The smallest absolute Gasteiger partial charge is 0.265 e. The second kappa shape index (κ2) is 6.85. The zero-order valence-electron chi connectivity index (χ0n) is 8.59. The second-order valence-electron chi connectivity index (χ2n) is 2.97. The summed E-state index contributed by atoms with van der Waals surface area (Å²) in [7, 11) is 1.57. The van der Waals surface area contributed by atoms with E-state index < -0.39 is 0 Å². The highest BCUT2D eigenvalue weighted by Gasteiger charge is 2.12. The van der Waals surface area contributed by atoms with Crippen LogP contribution < -0.4 is 10.1 Å². The van der Waals surface area contributed by atoms with Gasteiger partial charge in [0.25, 0.3) is 5.91 Å². The Morgan fingerprint density at radius 3 is 3.07 bits per heavy atom. The Labute approximate surface area is 102 Å². The number of hydrogen-bond donors (Lipinski definition) is 1. The molecule has 0 fully saturated rings. The number of carbonyl (C=O) groups excluding carboxylic acids is 1. The van der Waals surface area contributed by atoms with E-state index in [0.29, 0.717) is 17.2 Å². The molecule has 1 aromatic heterocycles. The average molecular weight is 292 g/mol. The van der Waals surface area contributed by atoms with Gasteiger partial charge in [-0.1, -0.05) is 15.9 Å². The molecule has 0 radical (unpaired) electrons. The quantitative estimate of drug-likeness (QED) is 0.646. The first kappa shape index (κ1) is 12.5. The number of alkyl halides is 1. The number of halogens is 1. The Kier molecular flexibility index (Phi) is 5.71. The van der Waals surface area contributed by atoms with Crippen molar-refractivity contribution in [3.8, 4) is 5.75 Å². The molecule has 0 aromatic carbocycles. The lowest BCUT2D eigenvalue weighted by Gasteiger charge is -2.04. The van der Waals surface area contributed by atoms with Gasteiger partial charge in [-0.05, 0) is 24.3 Å². The van der Waals surface area contributed by atoms with E-state index in [2.05, 4.69) is 21.2 Å². The maximum atomic E-state index is 11.7. The average Bonchev–Trinajstić information content (AvgIpc) is 2.72. The number of carbonyl (C=O) groups is 1. The van der Waals surface area contributed by atoms with Crippen molar-refractivity contribution in [3.05, 3.63) is 16.3 Å². The SMILES string of the molecule is COc1ccsc1C(=O)NCCCCBr. The molecule has 1 aromatic rings. The third kappa shape index (κ3) is 3.83. The standard InChI is InChI=1S/C10H14BrNO2S/c1-14-8-4-7-15-9(8)10(13)12-6-3-2-5-11/h4,7H,2-3,5-6H2,1H3,(H,12,13). The number of unbranched alkanes of at least 4 members (excludes halogenated alkanes) is 1. The van der Waals surface area contributed by atoms with Crippen LogP contribution in [0.4, 0.5) is 0 Å². The molecule has 1 rings (SSSR count). The van der Waals surface area contributed by atoms with Crippen LogP contribution in [0, 0.1) is 0 Å². The van der Waals surface area contributed by atoms with Crippen molar-refractivity contribution in [2.75, 3.05) is 19.0 Å². The monoisotopic (exact) mass is 291 g/mol. The van der Waals surface area contributed by atoms with Crippen LogP contribution in [-0.2, 0) is 0 Å². The van der Waals surface area contributed by atoms with E-state index in [4.69, 9.17) is 4.74 Å². The molecule has 1 N–H and O–H groups in total. The van der Waals surface area contributed by atoms with Gasteiger partial charge in [0.15, 0.2) is 0 Å². The van der Waals surface area contributed by atoms with Gasteiger partial charge in [-0.15, -0.1) is 11.3 Å². The zero-order chi connectivity index (χ0) is 11.1. The van der Waals surface area contributed by atoms with Crippen molar-refractivity contribution in [1.29, 1.82) is 0 Å². The molecule has 0 saturated carbocycles. The summed E-state index contributed by atoms with van der Waals surface area (Å²) in [6.07, 6.45) is 2.06. The Morgan fingerprint density at radius 1 is 1.60 bits per heavy atom. The molecular formula is C10H14BrNO2S. The molecular weight excluding hydrogens is 278 g/mol. The fourth-order valence-electron chi connectivity index (χ4n) is 1.13. The number of methoxy groups -OCH3 is 1. The number of hydrogen-bond acceptors (Lipinski definition) is 3. The Hall–Kier alpha value is -0.550. The van der Waals surface area contributed by atoms with Crippen molar-refractivity contribution < 1.29 is 9.53 Å². The van der Waals surface area contributed by atoms with Crippen molar-refractivity contribution in [2.45, 2.75) is 12.8 Å². The van der Waals surface area contributed by atoms with E-state index in [9.17, 15) is 4.79 Å². The fourth-order valence-corrected chi connectivity index (χ4v) is 2.30. The lowest BCUT2D eigenvalue weighted by molar-refractivity contribution is 0.0954. The summed E-state index contributed by atoms with van der Waals surface area (Å²) in [6.45, 7) is 0.714. The van der Waals surface area contributed by atoms with Gasteiger partial charge in [-0.25, -0.2) is 0 Å². The lowest BCUT2D eigenvalue weighted by atomic mass is 10.3. The first-order chi connectivity index (χ1) is 7.29. The summed E-state index contributed by atoms with van der Waals surface area (Å²) in [4.78, 5) is 12.3. The van der Waals surface area contributed by atoms with Crippen molar-refractivity contribution in [2.24, 2.45) is 0 Å². The zero-order valence-corrected chi connectivity index (χ0v) is 11.0. The second-order valence-corrected chi connectivity index (χ2v) is 4.68. The maximum Gasteiger partial charge on any atom is 0.265 e. The predicted octanol–water partition coefficient (Wildman–Crippen LogP) is 2.66. The van der Waals surface area contributed by atoms with Crippen molar-refractivity contribution >= 4 is 33.2 Å². The van der Waals surface area contributed by atoms with Crippen LogP contribution in [0.5, 0.6) is 5.75 Å². The van der Waals surface area contributed by atoms with E-state index in [1.54, 1.807) is 13.2 Å². The summed E-state index contributed by atoms with van der Waals surface area (Å²) in [5.41, 5.74) is 0. The van der Waals surface area contributed by atoms with Gasteiger partial charge in [0.2, 0.25) is 0 Å². The van der Waals surface area contributed by atoms with Crippen LogP contribution in [0.15, 0.2) is 11.4 Å².